The van der Waals surface area contributed by atoms with E-state index in [2.05, 4.69) is 4.98 Å². The summed E-state index contributed by atoms with van der Waals surface area (Å²) < 4.78 is 11.3. The molecule has 4 nitrogen and oxygen atoms in total. The van der Waals surface area contributed by atoms with Gasteiger partial charge in [-0.25, -0.2) is 0 Å². The zero-order chi connectivity index (χ0) is 14.8. The first-order valence-electron chi connectivity index (χ1n) is 7.17. The molecule has 0 amide bonds. The smallest absolute Gasteiger partial charge is 0.161 e. The number of aliphatic hydroxyl groups is 1. The average molecular weight is 285 g/mol. The van der Waals surface area contributed by atoms with E-state index in [0.29, 0.717) is 19.0 Å². The number of hydrogen-bond acceptors (Lipinski definition) is 4. The van der Waals surface area contributed by atoms with E-state index in [1.807, 2.05) is 44.2 Å². The van der Waals surface area contributed by atoms with Crippen LogP contribution in [0.4, 0.5) is 0 Å². The number of aryl methyl sites for hydroxylation is 2. The Hall–Kier alpha value is -2.07. The Bertz CT molecular complexity index is 654. The van der Waals surface area contributed by atoms with Gasteiger partial charge in [-0.2, -0.15) is 0 Å². The highest BCUT2D eigenvalue weighted by molar-refractivity contribution is 5.46. The van der Waals surface area contributed by atoms with Crippen LogP contribution in [0.15, 0.2) is 30.3 Å². The molecule has 1 N–H and O–H groups in total. The van der Waals surface area contributed by atoms with Crippen LogP contribution in [0.1, 0.15) is 35.0 Å². The third kappa shape index (κ3) is 2.85. The highest BCUT2D eigenvalue weighted by Gasteiger charge is 2.17. The van der Waals surface area contributed by atoms with Gasteiger partial charge in [0.1, 0.15) is 6.10 Å². The van der Waals surface area contributed by atoms with Gasteiger partial charge < -0.3 is 14.6 Å². The summed E-state index contributed by atoms with van der Waals surface area (Å²) in [4.78, 5) is 4.41. The molecule has 0 aliphatic carbocycles. The van der Waals surface area contributed by atoms with Crippen LogP contribution in [-0.2, 0) is 0 Å². The third-order valence-corrected chi connectivity index (χ3v) is 3.65. The van der Waals surface area contributed by atoms with Gasteiger partial charge in [0.05, 0.1) is 13.2 Å². The van der Waals surface area contributed by atoms with E-state index < -0.39 is 6.10 Å². The van der Waals surface area contributed by atoms with Gasteiger partial charge in [-0.15, -0.1) is 0 Å². The maximum Gasteiger partial charge on any atom is 0.161 e. The fraction of sp³-hybridized carbons (Fsp3) is 0.353. The molecule has 0 saturated carbocycles. The molecule has 0 radical (unpaired) electrons. The van der Waals surface area contributed by atoms with Gasteiger partial charge in [0, 0.05) is 23.4 Å². The van der Waals surface area contributed by atoms with Gasteiger partial charge in [-0.05, 0) is 37.6 Å². The first-order chi connectivity index (χ1) is 10.1. The van der Waals surface area contributed by atoms with Crippen molar-refractivity contribution in [1.29, 1.82) is 0 Å². The van der Waals surface area contributed by atoms with Gasteiger partial charge in [0.25, 0.3) is 0 Å². The molecule has 1 atom stereocenters. The van der Waals surface area contributed by atoms with Crippen molar-refractivity contribution >= 4 is 0 Å². The molecule has 1 unspecified atom stereocenters. The van der Waals surface area contributed by atoms with Crippen molar-refractivity contribution in [2.45, 2.75) is 26.4 Å². The minimum Gasteiger partial charge on any atom is -0.490 e. The average Bonchev–Trinajstić information content (AvgIpc) is 2.71. The van der Waals surface area contributed by atoms with Crippen LogP contribution in [0, 0.1) is 13.8 Å². The van der Waals surface area contributed by atoms with E-state index in [1.54, 1.807) is 0 Å². The normalized spacial score (nSPS) is 15.4. The number of ether oxygens (including phenoxy) is 2. The second-order valence-electron chi connectivity index (χ2n) is 5.29. The summed E-state index contributed by atoms with van der Waals surface area (Å²) in [5.74, 6) is 1.43. The van der Waals surface area contributed by atoms with Crippen LogP contribution in [0.25, 0.3) is 0 Å². The van der Waals surface area contributed by atoms with Crippen LogP contribution in [0.3, 0.4) is 0 Å². The molecule has 0 bridgehead atoms. The summed E-state index contributed by atoms with van der Waals surface area (Å²) in [6, 6.07) is 9.41. The van der Waals surface area contributed by atoms with E-state index in [-0.39, 0.29) is 0 Å². The number of aliphatic hydroxyl groups excluding tert-OH is 1. The first-order valence-corrected chi connectivity index (χ1v) is 7.17. The maximum atomic E-state index is 10.6. The molecular formula is C17H19NO3. The molecule has 0 saturated heterocycles. The molecule has 110 valence electrons. The van der Waals surface area contributed by atoms with Gasteiger partial charge >= 0.3 is 0 Å². The molecule has 2 aromatic rings. The minimum absolute atomic E-state index is 0.637. The van der Waals surface area contributed by atoms with Gasteiger partial charge in [-0.1, -0.05) is 12.1 Å². The van der Waals surface area contributed by atoms with E-state index in [1.165, 1.54) is 0 Å². The number of fused-ring (bicyclic) bond motifs is 1. The molecule has 0 spiro atoms. The summed E-state index contributed by atoms with van der Waals surface area (Å²) >= 11 is 0. The summed E-state index contributed by atoms with van der Waals surface area (Å²) in [7, 11) is 0. The number of nitrogens with zero attached hydrogens (tertiary/aromatic N) is 1. The Morgan fingerprint density at radius 3 is 2.57 bits per heavy atom. The molecule has 2 heterocycles. The van der Waals surface area contributed by atoms with Crippen molar-refractivity contribution < 1.29 is 14.6 Å². The molecule has 0 fully saturated rings. The summed E-state index contributed by atoms with van der Waals surface area (Å²) in [5, 5.41) is 10.6. The van der Waals surface area contributed by atoms with Gasteiger partial charge in [-0.3, -0.25) is 4.98 Å². The number of hydrogen-bond donors (Lipinski definition) is 1. The Morgan fingerprint density at radius 1 is 1.05 bits per heavy atom. The molecule has 1 aliphatic rings. The van der Waals surface area contributed by atoms with Crippen molar-refractivity contribution in [3.63, 3.8) is 0 Å². The predicted molar refractivity (Wildman–Crippen MR) is 79.8 cm³/mol. The van der Waals surface area contributed by atoms with E-state index in [4.69, 9.17) is 9.47 Å². The zero-order valence-electron chi connectivity index (χ0n) is 12.3. The summed E-state index contributed by atoms with van der Waals surface area (Å²) in [6.45, 7) is 5.15. The molecule has 4 heteroatoms. The molecule has 1 aromatic heterocycles. The molecular weight excluding hydrogens is 266 g/mol. The topological polar surface area (TPSA) is 51.6 Å². The summed E-state index contributed by atoms with van der Waals surface area (Å²) in [5.41, 5.74) is 3.39. The third-order valence-electron chi connectivity index (χ3n) is 3.65. The van der Waals surface area contributed by atoms with Crippen molar-refractivity contribution in [3.05, 3.63) is 52.8 Å². The van der Waals surface area contributed by atoms with Crippen LogP contribution < -0.4 is 9.47 Å². The lowest BCUT2D eigenvalue weighted by molar-refractivity contribution is 0.218. The Labute approximate surface area is 124 Å². The molecule has 1 aliphatic heterocycles. The zero-order valence-corrected chi connectivity index (χ0v) is 12.3. The quantitative estimate of drug-likeness (QED) is 0.921. The predicted octanol–water partition coefficient (Wildman–Crippen LogP) is 2.94. The fourth-order valence-electron chi connectivity index (χ4n) is 2.52. The van der Waals surface area contributed by atoms with Crippen LogP contribution in [-0.4, -0.2) is 23.3 Å². The Kier molecular flexibility index (Phi) is 3.80. The number of pyridine rings is 1. The number of benzene rings is 1. The van der Waals surface area contributed by atoms with Crippen molar-refractivity contribution in [2.75, 3.05) is 13.2 Å². The highest BCUT2D eigenvalue weighted by atomic mass is 16.5. The van der Waals surface area contributed by atoms with E-state index >= 15 is 0 Å². The fourth-order valence-corrected chi connectivity index (χ4v) is 2.52. The second-order valence-corrected chi connectivity index (χ2v) is 5.29. The van der Waals surface area contributed by atoms with E-state index in [0.717, 1.165) is 34.7 Å². The van der Waals surface area contributed by atoms with Crippen molar-refractivity contribution in [3.8, 4) is 11.5 Å². The highest BCUT2D eigenvalue weighted by Crippen LogP contribution is 2.34. The summed E-state index contributed by atoms with van der Waals surface area (Å²) in [6.07, 6.45) is 0.156. The Morgan fingerprint density at radius 2 is 1.81 bits per heavy atom. The van der Waals surface area contributed by atoms with E-state index in [9.17, 15) is 5.11 Å². The molecule has 21 heavy (non-hydrogen) atoms. The van der Waals surface area contributed by atoms with Crippen LogP contribution in [0.2, 0.25) is 0 Å². The van der Waals surface area contributed by atoms with Crippen LogP contribution >= 0.6 is 0 Å². The van der Waals surface area contributed by atoms with Crippen molar-refractivity contribution in [2.24, 2.45) is 0 Å². The molecule has 1 aromatic carbocycles. The maximum absolute atomic E-state index is 10.6. The lowest BCUT2D eigenvalue weighted by Gasteiger charge is -2.16. The monoisotopic (exact) mass is 285 g/mol. The first kappa shape index (κ1) is 13.9. The molecule has 3 rings (SSSR count). The van der Waals surface area contributed by atoms with Crippen LogP contribution in [0.5, 0.6) is 11.5 Å². The lowest BCUT2D eigenvalue weighted by atomic mass is 9.99. The number of aromatic nitrogens is 1. The number of rotatable bonds is 2. The Balaban J connectivity index is 1.94. The largest absolute Gasteiger partial charge is 0.490 e. The van der Waals surface area contributed by atoms with Gasteiger partial charge in [0.2, 0.25) is 0 Å². The van der Waals surface area contributed by atoms with Gasteiger partial charge in [0.15, 0.2) is 11.5 Å². The SMILES string of the molecule is Cc1ccc(C(O)c2ccc3c(c2)OCCCO3)c(C)n1. The minimum atomic E-state index is -0.713. The standard InChI is InChI=1S/C17H19NO3/c1-11-4-6-14(12(2)18-11)17(19)13-5-7-15-16(10-13)21-9-3-8-20-15/h4-7,10,17,19H,3,8-9H2,1-2H3. The van der Waals surface area contributed by atoms with Crippen molar-refractivity contribution in [1.82, 2.24) is 4.98 Å². The second kappa shape index (κ2) is 5.74. The lowest BCUT2D eigenvalue weighted by Crippen LogP contribution is -2.05.